The summed E-state index contributed by atoms with van der Waals surface area (Å²) in [7, 11) is 0. The summed E-state index contributed by atoms with van der Waals surface area (Å²) in [5, 5.41) is 3.67. The number of benzene rings is 1. The minimum absolute atomic E-state index is 0.154. The van der Waals surface area contributed by atoms with Gasteiger partial charge in [0.1, 0.15) is 0 Å². The van der Waals surface area contributed by atoms with Gasteiger partial charge in [-0.25, -0.2) is 0 Å². The number of rotatable bonds is 1. The summed E-state index contributed by atoms with van der Waals surface area (Å²) in [5.41, 5.74) is 5.55. The predicted octanol–water partition coefficient (Wildman–Crippen LogP) is 4.34. The summed E-state index contributed by atoms with van der Waals surface area (Å²) in [6.45, 7) is 15.6. The number of carbonyl (C=O) groups excluding carboxylic acids is 1. The molecule has 2 aliphatic heterocycles. The van der Waals surface area contributed by atoms with Crippen LogP contribution >= 0.6 is 0 Å². The number of nitrogens with zero attached hydrogens (tertiary/aromatic N) is 1. The first kappa shape index (κ1) is 18.4. The lowest BCUT2D eigenvalue weighted by atomic mass is 9.80. The standard InChI is InChI=1S/C22H34N2O/c1-21(2,3)16-12-15-9-11-24(20(25)22(4,5)6)14-18(15)17(13-16)19-8-7-10-23-19/h12-13,19,23H,7-11,14H2,1-6H3/t19-/m0/s1. The lowest BCUT2D eigenvalue weighted by Crippen LogP contribution is -2.43. The van der Waals surface area contributed by atoms with Crippen molar-refractivity contribution in [1.82, 2.24) is 10.2 Å². The molecule has 0 spiro atoms. The molecular formula is C22H34N2O. The summed E-state index contributed by atoms with van der Waals surface area (Å²) in [5.74, 6) is 0.267. The van der Waals surface area contributed by atoms with Gasteiger partial charge in [-0.2, -0.15) is 0 Å². The zero-order valence-corrected chi connectivity index (χ0v) is 16.8. The molecule has 1 N–H and O–H groups in total. The Morgan fingerprint density at radius 3 is 2.44 bits per heavy atom. The summed E-state index contributed by atoms with van der Waals surface area (Å²) in [6, 6.07) is 5.25. The Labute approximate surface area is 153 Å². The summed E-state index contributed by atoms with van der Waals surface area (Å²) < 4.78 is 0. The van der Waals surface area contributed by atoms with Crippen LogP contribution in [0.5, 0.6) is 0 Å². The molecule has 3 rings (SSSR count). The molecule has 0 unspecified atom stereocenters. The van der Waals surface area contributed by atoms with E-state index in [9.17, 15) is 4.79 Å². The quantitative estimate of drug-likeness (QED) is 0.823. The highest BCUT2D eigenvalue weighted by atomic mass is 16.2. The molecule has 0 bridgehead atoms. The Hall–Kier alpha value is -1.35. The van der Waals surface area contributed by atoms with Crippen LogP contribution < -0.4 is 5.32 Å². The van der Waals surface area contributed by atoms with Crippen LogP contribution in [-0.2, 0) is 23.2 Å². The average Bonchev–Trinajstić information content (AvgIpc) is 3.05. The van der Waals surface area contributed by atoms with E-state index in [1.807, 2.05) is 20.8 Å². The topological polar surface area (TPSA) is 32.3 Å². The Morgan fingerprint density at radius 2 is 1.88 bits per heavy atom. The van der Waals surface area contributed by atoms with Gasteiger partial charge in [-0.05, 0) is 53.5 Å². The van der Waals surface area contributed by atoms with E-state index in [2.05, 4.69) is 43.1 Å². The molecule has 25 heavy (non-hydrogen) atoms. The molecule has 0 radical (unpaired) electrons. The number of fused-ring (bicyclic) bond motifs is 1. The molecule has 0 aliphatic carbocycles. The van der Waals surface area contributed by atoms with E-state index in [1.54, 1.807) is 0 Å². The summed E-state index contributed by atoms with van der Waals surface area (Å²) in [4.78, 5) is 14.9. The van der Waals surface area contributed by atoms with Gasteiger partial charge in [-0.1, -0.05) is 53.7 Å². The van der Waals surface area contributed by atoms with E-state index >= 15 is 0 Å². The normalized spacial score (nSPS) is 21.4. The molecule has 2 aliphatic rings. The van der Waals surface area contributed by atoms with Crippen LogP contribution in [0.4, 0.5) is 0 Å². The SMILES string of the molecule is CC(C)(C)C(=O)N1CCc2cc(C(C)(C)C)cc([C@@H]3CCCN3)c2C1. The summed E-state index contributed by atoms with van der Waals surface area (Å²) >= 11 is 0. The van der Waals surface area contributed by atoms with E-state index in [0.717, 1.165) is 26.1 Å². The smallest absolute Gasteiger partial charge is 0.228 e. The highest BCUT2D eigenvalue weighted by Gasteiger charge is 2.32. The number of hydrogen-bond donors (Lipinski definition) is 1. The third-order valence-corrected chi connectivity index (χ3v) is 5.61. The zero-order valence-electron chi connectivity index (χ0n) is 16.8. The second-order valence-corrected chi connectivity index (χ2v) is 9.83. The van der Waals surface area contributed by atoms with Crippen LogP contribution in [-0.4, -0.2) is 23.9 Å². The third kappa shape index (κ3) is 3.76. The Bertz CT molecular complexity index is 658. The monoisotopic (exact) mass is 342 g/mol. The highest BCUT2D eigenvalue weighted by Crippen LogP contribution is 2.36. The lowest BCUT2D eigenvalue weighted by Gasteiger charge is -2.36. The van der Waals surface area contributed by atoms with E-state index in [0.29, 0.717) is 6.04 Å². The van der Waals surface area contributed by atoms with Crippen molar-refractivity contribution in [2.45, 2.75) is 78.8 Å². The van der Waals surface area contributed by atoms with Crippen molar-refractivity contribution < 1.29 is 4.79 Å². The maximum absolute atomic E-state index is 12.8. The largest absolute Gasteiger partial charge is 0.338 e. The molecule has 1 atom stereocenters. The van der Waals surface area contributed by atoms with Crippen LogP contribution in [0.1, 0.15) is 82.7 Å². The second kappa shape index (κ2) is 6.42. The van der Waals surface area contributed by atoms with E-state index in [-0.39, 0.29) is 16.7 Å². The Balaban J connectivity index is 2.01. The van der Waals surface area contributed by atoms with Gasteiger partial charge in [0.25, 0.3) is 0 Å². The molecular weight excluding hydrogens is 308 g/mol. The molecule has 2 heterocycles. The van der Waals surface area contributed by atoms with Crippen LogP contribution in [0.3, 0.4) is 0 Å². The summed E-state index contributed by atoms with van der Waals surface area (Å²) in [6.07, 6.45) is 3.41. The van der Waals surface area contributed by atoms with Crippen molar-refractivity contribution in [2.24, 2.45) is 5.41 Å². The van der Waals surface area contributed by atoms with Crippen molar-refractivity contribution >= 4 is 5.91 Å². The molecule has 3 nitrogen and oxygen atoms in total. The van der Waals surface area contributed by atoms with Crippen LogP contribution in [0.25, 0.3) is 0 Å². The lowest BCUT2D eigenvalue weighted by molar-refractivity contribution is -0.140. The van der Waals surface area contributed by atoms with Gasteiger partial charge in [0.15, 0.2) is 0 Å². The third-order valence-electron chi connectivity index (χ3n) is 5.61. The Kier molecular flexibility index (Phi) is 4.74. The molecule has 1 amide bonds. The fraction of sp³-hybridized carbons (Fsp3) is 0.682. The first-order valence-corrected chi connectivity index (χ1v) is 9.76. The second-order valence-electron chi connectivity index (χ2n) is 9.83. The highest BCUT2D eigenvalue weighted by molar-refractivity contribution is 5.81. The number of amides is 1. The van der Waals surface area contributed by atoms with Crippen LogP contribution in [0.2, 0.25) is 0 Å². The maximum atomic E-state index is 12.8. The van der Waals surface area contributed by atoms with Crippen molar-refractivity contribution in [3.05, 3.63) is 34.4 Å². The molecule has 1 fully saturated rings. The minimum atomic E-state index is -0.311. The Morgan fingerprint density at radius 1 is 1.16 bits per heavy atom. The van der Waals surface area contributed by atoms with Crippen LogP contribution in [0, 0.1) is 5.41 Å². The molecule has 3 heteroatoms. The fourth-order valence-corrected chi connectivity index (χ4v) is 4.04. The first-order valence-electron chi connectivity index (χ1n) is 9.76. The molecule has 0 aromatic heterocycles. The van der Waals surface area contributed by atoms with Gasteiger partial charge in [-0.15, -0.1) is 0 Å². The first-order chi connectivity index (χ1) is 11.6. The number of hydrogen-bond acceptors (Lipinski definition) is 2. The van der Waals surface area contributed by atoms with Gasteiger partial charge >= 0.3 is 0 Å². The van der Waals surface area contributed by atoms with E-state index in [1.165, 1.54) is 35.1 Å². The van der Waals surface area contributed by atoms with Crippen molar-refractivity contribution in [3.63, 3.8) is 0 Å². The minimum Gasteiger partial charge on any atom is -0.338 e. The average molecular weight is 343 g/mol. The number of carbonyl (C=O) groups is 1. The van der Waals surface area contributed by atoms with Gasteiger partial charge < -0.3 is 10.2 Å². The van der Waals surface area contributed by atoms with Gasteiger partial charge in [0, 0.05) is 24.5 Å². The van der Waals surface area contributed by atoms with Crippen molar-refractivity contribution in [3.8, 4) is 0 Å². The fourth-order valence-electron chi connectivity index (χ4n) is 4.04. The van der Waals surface area contributed by atoms with Gasteiger partial charge in [-0.3, -0.25) is 4.79 Å². The van der Waals surface area contributed by atoms with Gasteiger partial charge in [0.2, 0.25) is 5.91 Å². The predicted molar refractivity (Wildman–Crippen MR) is 104 cm³/mol. The van der Waals surface area contributed by atoms with Gasteiger partial charge in [0.05, 0.1) is 0 Å². The maximum Gasteiger partial charge on any atom is 0.228 e. The van der Waals surface area contributed by atoms with Crippen molar-refractivity contribution in [2.75, 3.05) is 13.1 Å². The van der Waals surface area contributed by atoms with E-state index in [4.69, 9.17) is 0 Å². The molecule has 1 aromatic carbocycles. The molecule has 1 aromatic rings. The zero-order chi connectivity index (χ0) is 18.4. The number of nitrogens with one attached hydrogen (secondary N) is 1. The van der Waals surface area contributed by atoms with Crippen LogP contribution in [0.15, 0.2) is 12.1 Å². The molecule has 1 saturated heterocycles. The van der Waals surface area contributed by atoms with Crippen molar-refractivity contribution in [1.29, 1.82) is 0 Å². The van der Waals surface area contributed by atoms with E-state index < -0.39 is 0 Å². The molecule has 0 saturated carbocycles. The molecule has 138 valence electrons.